The number of hydrogen-bond acceptors (Lipinski definition) is 6. The molecule has 3 aromatic rings. The Labute approximate surface area is 170 Å². The highest BCUT2D eigenvalue weighted by atomic mass is 32.1. The summed E-state index contributed by atoms with van der Waals surface area (Å²) in [6.07, 6.45) is 3.19. The minimum Gasteiger partial charge on any atom is -0.497 e. The molecule has 3 rings (SSSR count). The van der Waals surface area contributed by atoms with Gasteiger partial charge in [0.25, 0.3) is 0 Å². The molecule has 0 atom stereocenters. The number of anilines is 1. The highest BCUT2D eigenvalue weighted by Crippen LogP contribution is 2.30. The topological polar surface area (TPSA) is 80.3 Å². The third-order valence-corrected chi connectivity index (χ3v) is 5.55. The zero-order valence-electron chi connectivity index (χ0n) is 15.4. The quantitative estimate of drug-likeness (QED) is 0.570. The third-order valence-electron chi connectivity index (χ3n) is 3.68. The lowest BCUT2D eigenvalue weighted by Gasteiger charge is -2.00. The second kappa shape index (κ2) is 9.29. The van der Waals surface area contributed by atoms with Crippen LogP contribution >= 0.6 is 22.7 Å². The van der Waals surface area contributed by atoms with Gasteiger partial charge in [-0.1, -0.05) is 12.1 Å². The lowest BCUT2D eigenvalue weighted by Crippen LogP contribution is -2.17. The van der Waals surface area contributed by atoms with E-state index < -0.39 is 0 Å². The van der Waals surface area contributed by atoms with Crippen molar-refractivity contribution in [2.45, 2.75) is 13.5 Å². The average Bonchev–Trinajstić information content (AvgIpc) is 3.34. The van der Waals surface area contributed by atoms with Crippen LogP contribution in [0.25, 0.3) is 16.6 Å². The van der Waals surface area contributed by atoms with Crippen LogP contribution in [0.5, 0.6) is 5.75 Å². The van der Waals surface area contributed by atoms with E-state index >= 15 is 0 Å². The molecular formula is C20H19N3O3S2. The molecule has 0 bridgehead atoms. The predicted octanol–water partition coefficient (Wildman–Crippen LogP) is 4.17. The number of aromatic nitrogens is 1. The van der Waals surface area contributed by atoms with Crippen LogP contribution in [0.4, 0.5) is 5.13 Å². The van der Waals surface area contributed by atoms with Gasteiger partial charge in [-0.15, -0.1) is 22.7 Å². The Balaban J connectivity index is 1.60. The van der Waals surface area contributed by atoms with Gasteiger partial charge in [-0.25, -0.2) is 4.98 Å². The summed E-state index contributed by atoms with van der Waals surface area (Å²) in [4.78, 5) is 29.6. The van der Waals surface area contributed by atoms with Crippen LogP contribution in [0.1, 0.15) is 17.4 Å². The van der Waals surface area contributed by atoms with E-state index in [1.165, 1.54) is 24.3 Å². The summed E-state index contributed by atoms with van der Waals surface area (Å²) >= 11 is 2.93. The number of carbonyl (C=O) groups excluding carboxylic acids is 2. The molecule has 2 amide bonds. The normalized spacial score (nSPS) is 10.8. The molecule has 0 aliphatic heterocycles. The Bertz CT molecular complexity index is 1010. The van der Waals surface area contributed by atoms with Crippen LogP contribution in [0, 0.1) is 0 Å². The second-order valence-corrected chi connectivity index (χ2v) is 7.84. The van der Waals surface area contributed by atoms with Crippen molar-refractivity contribution in [1.29, 1.82) is 0 Å². The van der Waals surface area contributed by atoms with E-state index in [9.17, 15) is 9.59 Å². The summed E-state index contributed by atoms with van der Waals surface area (Å²) < 4.78 is 5.17. The van der Waals surface area contributed by atoms with E-state index in [1.807, 2.05) is 41.8 Å². The van der Waals surface area contributed by atoms with Crippen molar-refractivity contribution in [3.63, 3.8) is 0 Å². The van der Waals surface area contributed by atoms with Gasteiger partial charge in [-0.05, 0) is 35.9 Å². The minimum atomic E-state index is -0.249. The summed E-state index contributed by atoms with van der Waals surface area (Å²) in [5.74, 6) is 0.429. The SMILES string of the molecule is COc1cccc(/C=C/C(=O)Nc2nc(-c3ccc(CNC(C)=O)s3)cs2)c1. The number of methoxy groups -OCH3 is 1. The molecule has 28 heavy (non-hydrogen) atoms. The molecule has 0 fully saturated rings. The minimum absolute atomic E-state index is 0.0596. The fourth-order valence-corrected chi connectivity index (χ4v) is 4.03. The Hall–Kier alpha value is -2.97. The Morgan fingerprint density at radius 2 is 2.11 bits per heavy atom. The van der Waals surface area contributed by atoms with Gasteiger partial charge < -0.3 is 10.1 Å². The zero-order valence-corrected chi connectivity index (χ0v) is 17.0. The number of rotatable bonds is 7. The summed E-state index contributed by atoms with van der Waals surface area (Å²) in [6, 6.07) is 11.4. The number of benzene rings is 1. The van der Waals surface area contributed by atoms with Gasteiger partial charge in [0.15, 0.2) is 5.13 Å². The maximum Gasteiger partial charge on any atom is 0.250 e. The summed E-state index contributed by atoms with van der Waals surface area (Å²) in [5.41, 5.74) is 1.68. The van der Waals surface area contributed by atoms with Crippen LogP contribution in [-0.4, -0.2) is 23.9 Å². The molecule has 1 aromatic carbocycles. The van der Waals surface area contributed by atoms with E-state index in [0.29, 0.717) is 11.7 Å². The molecular weight excluding hydrogens is 394 g/mol. The van der Waals surface area contributed by atoms with Crippen molar-refractivity contribution in [2.24, 2.45) is 0 Å². The molecule has 6 nitrogen and oxygen atoms in total. The number of thiophene rings is 1. The monoisotopic (exact) mass is 413 g/mol. The molecule has 0 aliphatic carbocycles. The highest BCUT2D eigenvalue weighted by Gasteiger charge is 2.09. The largest absolute Gasteiger partial charge is 0.497 e. The number of hydrogen-bond donors (Lipinski definition) is 2. The smallest absolute Gasteiger partial charge is 0.250 e. The maximum atomic E-state index is 12.1. The lowest BCUT2D eigenvalue weighted by atomic mass is 10.2. The van der Waals surface area contributed by atoms with Crippen molar-refractivity contribution < 1.29 is 14.3 Å². The lowest BCUT2D eigenvalue weighted by molar-refractivity contribution is -0.119. The number of nitrogens with zero attached hydrogens (tertiary/aromatic N) is 1. The van der Waals surface area contributed by atoms with Crippen molar-refractivity contribution in [2.75, 3.05) is 12.4 Å². The number of thiazole rings is 1. The number of carbonyl (C=O) groups is 2. The summed E-state index contributed by atoms with van der Waals surface area (Å²) in [6.45, 7) is 2.00. The molecule has 2 N–H and O–H groups in total. The molecule has 2 heterocycles. The average molecular weight is 414 g/mol. The summed E-state index contributed by atoms with van der Waals surface area (Å²) in [5, 5.41) is 7.98. The van der Waals surface area contributed by atoms with E-state index in [-0.39, 0.29) is 11.8 Å². The van der Waals surface area contributed by atoms with E-state index in [4.69, 9.17) is 4.74 Å². The first-order chi connectivity index (χ1) is 13.5. The zero-order chi connectivity index (χ0) is 19.9. The molecule has 0 saturated carbocycles. The molecule has 0 aliphatic rings. The van der Waals surface area contributed by atoms with Gasteiger partial charge in [0.1, 0.15) is 5.75 Å². The molecule has 0 radical (unpaired) electrons. The Morgan fingerprint density at radius 1 is 1.25 bits per heavy atom. The molecule has 0 saturated heterocycles. The standard InChI is InChI=1S/C20H19N3O3S2/c1-13(24)21-11-16-7-8-18(28-16)17-12-27-20(22-17)23-19(25)9-6-14-4-3-5-15(10-14)26-2/h3-10,12H,11H2,1-2H3,(H,21,24)(H,22,23,25)/b9-6+. The van der Waals surface area contributed by atoms with Gasteiger partial charge >= 0.3 is 0 Å². The fourth-order valence-electron chi connectivity index (χ4n) is 2.33. The number of ether oxygens (including phenoxy) is 1. The van der Waals surface area contributed by atoms with E-state index in [2.05, 4.69) is 15.6 Å². The highest BCUT2D eigenvalue weighted by molar-refractivity contribution is 7.17. The van der Waals surface area contributed by atoms with Crippen LogP contribution in [-0.2, 0) is 16.1 Å². The van der Waals surface area contributed by atoms with Gasteiger partial charge in [0.2, 0.25) is 11.8 Å². The van der Waals surface area contributed by atoms with Crippen LogP contribution in [0.3, 0.4) is 0 Å². The van der Waals surface area contributed by atoms with E-state index in [0.717, 1.165) is 26.8 Å². The van der Waals surface area contributed by atoms with Crippen molar-refractivity contribution in [3.05, 3.63) is 58.3 Å². The van der Waals surface area contributed by atoms with Crippen molar-refractivity contribution >= 4 is 45.7 Å². The van der Waals surface area contributed by atoms with Gasteiger partial charge in [0, 0.05) is 23.3 Å². The van der Waals surface area contributed by atoms with Gasteiger partial charge in [0.05, 0.1) is 24.2 Å². The number of nitrogens with one attached hydrogen (secondary N) is 2. The van der Waals surface area contributed by atoms with Crippen molar-refractivity contribution in [1.82, 2.24) is 10.3 Å². The molecule has 8 heteroatoms. The maximum absolute atomic E-state index is 12.1. The first kappa shape index (κ1) is 19.8. The first-order valence-corrected chi connectivity index (χ1v) is 10.2. The molecule has 0 unspecified atom stereocenters. The van der Waals surface area contributed by atoms with E-state index in [1.54, 1.807) is 24.5 Å². The predicted molar refractivity (Wildman–Crippen MR) is 114 cm³/mol. The van der Waals surface area contributed by atoms with Crippen molar-refractivity contribution in [3.8, 4) is 16.3 Å². The first-order valence-electron chi connectivity index (χ1n) is 8.45. The van der Waals surface area contributed by atoms with Gasteiger partial charge in [-0.2, -0.15) is 0 Å². The van der Waals surface area contributed by atoms with Crippen LogP contribution in [0.15, 0.2) is 47.9 Å². The fraction of sp³-hybridized carbons (Fsp3) is 0.150. The van der Waals surface area contributed by atoms with Crippen LogP contribution in [0.2, 0.25) is 0 Å². The Kier molecular flexibility index (Phi) is 6.57. The molecule has 0 spiro atoms. The van der Waals surface area contributed by atoms with Crippen LogP contribution < -0.4 is 15.4 Å². The summed E-state index contributed by atoms with van der Waals surface area (Å²) in [7, 11) is 1.60. The molecule has 2 aromatic heterocycles. The third kappa shape index (κ3) is 5.51. The Morgan fingerprint density at radius 3 is 2.89 bits per heavy atom. The van der Waals surface area contributed by atoms with Gasteiger partial charge in [-0.3, -0.25) is 14.9 Å². The second-order valence-electron chi connectivity index (χ2n) is 5.81. The molecule has 144 valence electrons. The number of amides is 2.